The molecule has 0 spiro atoms. The quantitative estimate of drug-likeness (QED) is 0.827. The monoisotopic (exact) mass is 242 g/mol. The average molecular weight is 242 g/mol. The first kappa shape index (κ1) is 12.2. The van der Waals surface area contributed by atoms with E-state index in [1.165, 1.54) is 0 Å². The number of hydrogen-bond acceptors (Lipinski definition) is 4. The minimum Gasteiger partial charge on any atom is -0.325 e. The van der Waals surface area contributed by atoms with Crippen LogP contribution in [0.3, 0.4) is 0 Å². The Hall–Kier alpha value is -2.27. The molecule has 0 bridgehead atoms. The molecule has 5 nitrogen and oxygen atoms in total. The number of amides is 1. The molecule has 1 heterocycles. The molecule has 5 heteroatoms. The first-order valence-electron chi connectivity index (χ1n) is 5.67. The predicted molar refractivity (Wildman–Crippen MR) is 68.8 cm³/mol. The highest BCUT2D eigenvalue weighted by atomic mass is 16.1. The number of rotatable bonds is 5. The van der Waals surface area contributed by atoms with Gasteiger partial charge in [-0.05, 0) is 24.3 Å². The molecular weight excluding hydrogens is 228 g/mol. The molecule has 92 valence electrons. The van der Waals surface area contributed by atoms with Crippen LogP contribution in [0, 0.1) is 0 Å². The number of hydrogen-bond donors (Lipinski definition) is 2. The molecule has 2 rings (SSSR count). The van der Waals surface area contributed by atoms with Crippen molar-refractivity contribution in [1.82, 2.24) is 15.5 Å². The van der Waals surface area contributed by atoms with Crippen molar-refractivity contribution in [2.24, 2.45) is 0 Å². The van der Waals surface area contributed by atoms with Crippen molar-refractivity contribution in [2.75, 3.05) is 11.9 Å². The van der Waals surface area contributed by atoms with Gasteiger partial charge in [0.25, 0.3) is 0 Å². The van der Waals surface area contributed by atoms with Gasteiger partial charge in [-0.15, -0.1) is 0 Å². The van der Waals surface area contributed by atoms with Gasteiger partial charge in [-0.25, -0.2) is 0 Å². The third-order valence-electron chi connectivity index (χ3n) is 2.28. The number of nitrogens with zero attached hydrogens (tertiary/aromatic N) is 2. The van der Waals surface area contributed by atoms with Crippen molar-refractivity contribution < 1.29 is 4.79 Å². The van der Waals surface area contributed by atoms with Gasteiger partial charge in [0.1, 0.15) is 0 Å². The normalized spacial score (nSPS) is 10.0. The molecule has 0 fully saturated rings. The fourth-order valence-corrected chi connectivity index (χ4v) is 1.46. The van der Waals surface area contributed by atoms with Crippen LogP contribution in [0.1, 0.15) is 5.69 Å². The molecule has 0 saturated carbocycles. The fraction of sp³-hybridized carbons (Fsp3) is 0.154. The van der Waals surface area contributed by atoms with Crippen molar-refractivity contribution in [1.29, 1.82) is 0 Å². The SMILES string of the molecule is O=C(CNCc1cccnn1)Nc1ccccc1. The van der Waals surface area contributed by atoms with E-state index in [4.69, 9.17) is 0 Å². The second kappa shape index (κ2) is 6.46. The number of para-hydroxylation sites is 1. The maximum absolute atomic E-state index is 11.6. The van der Waals surface area contributed by atoms with Crippen LogP contribution in [0.2, 0.25) is 0 Å². The Kier molecular flexibility index (Phi) is 4.38. The Morgan fingerprint density at radius 1 is 1.11 bits per heavy atom. The molecule has 0 saturated heterocycles. The molecule has 2 N–H and O–H groups in total. The molecule has 1 aromatic heterocycles. The van der Waals surface area contributed by atoms with Gasteiger partial charge in [-0.2, -0.15) is 10.2 Å². The summed E-state index contributed by atoms with van der Waals surface area (Å²) in [5.74, 6) is -0.0786. The minimum atomic E-state index is -0.0786. The van der Waals surface area contributed by atoms with E-state index in [2.05, 4.69) is 20.8 Å². The number of aromatic nitrogens is 2. The molecule has 0 atom stereocenters. The number of nitrogens with one attached hydrogen (secondary N) is 2. The lowest BCUT2D eigenvalue weighted by atomic mass is 10.3. The van der Waals surface area contributed by atoms with Gasteiger partial charge < -0.3 is 10.6 Å². The maximum atomic E-state index is 11.6. The number of anilines is 1. The first-order valence-corrected chi connectivity index (χ1v) is 5.67. The fourth-order valence-electron chi connectivity index (χ4n) is 1.46. The minimum absolute atomic E-state index is 0.0786. The zero-order chi connectivity index (χ0) is 12.6. The van der Waals surface area contributed by atoms with Gasteiger partial charge in [0, 0.05) is 18.4 Å². The van der Waals surface area contributed by atoms with Crippen molar-refractivity contribution >= 4 is 11.6 Å². The summed E-state index contributed by atoms with van der Waals surface area (Å²) < 4.78 is 0. The Morgan fingerprint density at radius 2 is 1.94 bits per heavy atom. The van der Waals surface area contributed by atoms with E-state index in [1.54, 1.807) is 6.20 Å². The van der Waals surface area contributed by atoms with Gasteiger partial charge in [-0.1, -0.05) is 18.2 Å². The second-order valence-corrected chi connectivity index (χ2v) is 3.73. The Labute approximate surface area is 105 Å². The van der Waals surface area contributed by atoms with E-state index >= 15 is 0 Å². The summed E-state index contributed by atoms with van der Waals surface area (Å²) in [6.45, 7) is 0.765. The van der Waals surface area contributed by atoms with Crippen molar-refractivity contribution in [3.8, 4) is 0 Å². The largest absolute Gasteiger partial charge is 0.325 e. The van der Waals surface area contributed by atoms with Crippen molar-refractivity contribution in [3.63, 3.8) is 0 Å². The standard InChI is InChI=1S/C13H14N4O/c18-13(16-11-5-2-1-3-6-11)10-14-9-12-7-4-8-15-17-12/h1-8,14H,9-10H2,(H,16,18). The lowest BCUT2D eigenvalue weighted by Gasteiger charge is -2.05. The van der Waals surface area contributed by atoms with Crippen LogP contribution in [0.5, 0.6) is 0 Å². The molecule has 0 unspecified atom stereocenters. The highest BCUT2D eigenvalue weighted by Gasteiger charge is 2.01. The lowest BCUT2D eigenvalue weighted by molar-refractivity contribution is -0.115. The van der Waals surface area contributed by atoms with Crippen LogP contribution >= 0.6 is 0 Å². The zero-order valence-electron chi connectivity index (χ0n) is 9.84. The summed E-state index contributed by atoms with van der Waals surface area (Å²) in [6.07, 6.45) is 1.62. The molecule has 0 aliphatic heterocycles. The second-order valence-electron chi connectivity index (χ2n) is 3.73. The van der Waals surface area contributed by atoms with Crippen LogP contribution in [-0.4, -0.2) is 22.6 Å². The number of carbonyl (C=O) groups excluding carboxylic acids is 1. The van der Waals surface area contributed by atoms with Crippen LogP contribution in [0.15, 0.2) is 48.7 Å². The average Bonchev–Trinajstić information content (AvgIpc) is 2.41. The Balaban J connectivity index is 1.73. The summed E-state index contributed by atoms with van der Waals surface area (Å²) in [6, 6.07) is 13.0. The topological polar surface area (TPSA) is 66.9 Å². The maximum Gasteiger partial charge on any atom is 0.238 e. The molecule has 18 heavy (non-hydrogen) atoms. The van der Waals surface area contributed by atoms with E-state index < -0.39 is 0 Å². The van der Waals surface area contributed by atoms with Crippen LogP contribution in [0.4, 0.5) is 5.69 Å². The van der Waals surface area contributed by atoms with Gasteiger partial charge in [0.15, 0.2) is 0 Å². The van der Waals surface area contributed by atoms with Gasteiger partial charge in [-0.3, -0.25) is 4.79 Å². The van der Waals surface area contributed by atoms with Crippen molar-refractivity contribution in [2.45, 2.75) is 6.54 Å². The predicted octanol–water partition coefficient (Wildman–Crippen LogP) is 1.20. The molecule has 0 radical (unpaired) electrons. The first-order chi connectivity index (χ1) is 8.84. The van der Waals surface area contributed by atoms with E-state index in [9.17, 15) is 4.79 Å². The molecule has 1 amide bonds. The van der Waals surface area contributed by atoms with Crippen molar-refractivity contribution in [3.05, 3.63) is 54.4 Å². The summed E-state index contributed by atoms with van der Waals surface area (Å²) in [5, 5.41) is 13.5. The molecule has 0 aliphatic rings. The summed E-state index contributed by atoms with van der Waals surface area (Å²) in [5.41, 5.74) is 1.61. The summed E-state index contributed by atoms with van der Waals surface area (Å²) >= 11 is 0. The Morgan fingerprint density at radius 3 is 2.67 bits per heavy atom. The molecular formula is C13H14N4O. The van der Waals surface area contributed by atoms with E-state index in [0.717, 1.165) is 11.4 Å². The molecule has 1 aromatic carbocycles. The summed E-state index contributed by atoms with van der Waals surface area (Å²) in [7, 11) is 0. The third kappa shape index (κ3) is 3.95. The van der Waals surface area contributed by atoms with E-state index in [1.807, 2.05) is 42.5 Å². The van der Waals surface area contributed by atoms with Gasteiger partial charge >= 0.3 is 0 Å². The molecule has 0 aliphatic carbocycles. The van der Waals surface area contributed by atoms with E-state index in [0.29, 0.717) is 6.54 Å². The highest BCUT2D eigenvalue weighted by Crippen LogP contribution is 2.03. The number of benzene rings is 1. The highest BCUT2D eigenvalue weighted by molar-refractivity contribution is 5.92. The summed E-state index contributed by atoms with van der Waals surface area (Å²) in [4.78, 5) is 11.6. The third-order valence-corrected chi connectivity index (χ3v) is 2.28. The van der Waals surface area contributed by atoms with Gasteiger partial charge in [0.05, 0.1) is 12.2 Å². The number of carbonyl (C=O) groups is 1. The van der Waals surface area contributed by atoms with Crippen LogP contribution in [-0.2, 0) is 11.3 Å². The Bertz CT molecular complexity index is 487. The zero-order valence-corrected chi connectivity index (χ0v) is 9.84. The van der Waals surface area contributed by atoms with Crippen LogP contribution < -0.4 is 10.6 Å². The van der Waals surface area contributed by atoms with Crippen LogP contribution in [0.25, 0.3) is 0 Å². The molecule has 2 aromatic rings. The smallest absolute Gasteiger partial charge is 0.238 e. The van der Waals surface area contributed by atoms with E-state index in [-0.39, 0.29) is 12.5 Å². The van der Waals surface area contributed by atoms with Gasteiger partial charge in [0.2, 0.25) is 5.91 Å². The lowest BCUT2D eigenvalue weighted by Crippen LogP contribution is -2.28.